The van der Waals surface area contributed by atoms with E-state index in [1.54, 1.807) is 7.05 Å². The minimum atomic E-state index is -0.747. The topological polar surface area (TPSA) is 120 Å². The van der Waals surface area contributed by atoms with Crippen molar-refractivity contribution in [1.82, 2.24) is 24.0 Å². The molecule has 3 N–H and O–H groups in total. The number of anilines is 1. The van der Waals surface area contributed by atoms with Gasteiger partial charge in [-0.2, -0.15) is 4.98 Å². The maximum absolute atomic E-state index is 13.2. The molecule has 2 aromatic rings. The molecule has 0 saturated carbocycles. The van der Waals surface area contributed by atoms with Crippen molar-refractivity contribution in [2.45, 2.75) is 33.4 Å². The van der Waals surface area contributed by atoms with Gasteiger partial charge in [0.05, 0.1) is 0 Å². The number of nitrogens with two attached hydrogens (primary N) is 1. The van der Waals surface area contributed by atoms with Crippen molar-refractivity contribution >= 4 is 23.0 Å². The lowest BCUT2D eigenvalue weighted by Gasteiger charge is -2.19. The van der Waals surface area contributed by atoms with E-state index in [-0.39, 0.29) is 5.52 Å². The van der Waals surface area contributed by atoms with Crippen LogP contribution in [0.1, 0.15) is 20.3 Å². The molecule has 10 nitrogen and oxygen atoms in total. The van der Waals surface area contributed by atoms with Crippen LogP contribution in [0.3, 0.4) is 0 Å². The summed E-state index contributed by atoms with van der Waals surface area (Å²) in [6.07, 6.45) is 4.99. The summed E-state index contributed by atoms with van der Waals surface area (Å²) in [6, 6.07) is 0. The Hall–Kier alpha value is -3.30. The molecule has 0 aromatic carbocycles. The third-order valence-electron chi connectivity index (χ3n) is 5.50. The average Bonchev–Trinajstić information content (AvgIpc) is 3.35. The summed E-state index contributed by atoms with van der Waals surface area (Å²) in [5, 5.41) is 3.26. The Labute approximate surface area is 166 Å². The minimum Gasteiger partial charge on any atom is -0.389 e. The number of amides is 1. The molecule has 4 rings (SSSR count). The van der Waals surface area contributed by atoms with Crippen LogP contribution < -0.4 is 27.2 Å². The van der Waals surface area contributed by atoms with Crippen molar-refractivity contribution in [2.75, 3.05) is 18.0 Å². The van der Waals surface area contributed by atoms with Gasteiger partial charge in [0.1, 0.15) is 6.54 Å². The quantitative estimate of drug-likeness (QED) is 0.662. The third kappa shape index (κ3) is 3.04. The first kappa shape index (κ1) is 19.0. The van der Waals surface area contributed by atoms with Crippen LogP contribution in [0.25, 0.3) is 11.2 Å². The third-order valence-corrected chi connectivity index (χ3v) is 5.50. The van der Waals surface area contributed by atoms with Crippen molar-refractivity contribution in [3.8, 4) is 0 Å². The highest BCUT2D eigenvalue weighted by Crippen LogP contribution is 2.35. The van der Waals surface area contributed by atoms with E-state index >= 15 is 0 Å². The van der Waals surface area contributed by atoms with Crippen LogP contribution in [0, 0.1) is 5.92 Å². The van der Waals surface area contributed by atoms with Crippen molar-refractivity contribution in [3.05, 3.63) is 44.4 Å². The predicted molar refractivity (Wildman–Crippen MR) is 109 cm³/mol. The van der Waals surface area contributed by atoms with Crippen molar-refractivity contribution in [1.29, 1.82) is 0 Å². The molecule has 1 unspecified atom stereocenters. The number of primary amides is 1. The van der Waals surface area contributed by atoms with Gasteiger partial charge in [-0.25, -0.2) is 9.36 Å². The molecule has 0 radical (unpaired) electrons. The fourth-order valence-corrected chi connectivity index (χ4v) is 4.01. The molecule has 0 bridgehead atoms. The van der Waals surface area contributed by atoms with Crippen LogP contribution in [0.5, 0.6) is 0 Å². The highest BCUT2D eigenvalue weighted by atomic mass is 16.2. The van der Waals surface area contributed by atoms with Gasteiger partial charge in [-0.1, -0.05) is 11.6 Å². The van der Waals surface area contributed by atoms with E-state index < -0.39 is 23.7 Å². The lowest BCUT2D eigenvalue weighted by molar-refractivity contribution is -0.118. The molecule has 0 aliphatic carbocycles. The zero-order chi connectivity index (χ0) is 20.9. The van der Waals surface area contributed by atoms with E-state index in [0.29, 0.717) is 24.1 Å². The summed E-state index contributed by atoms with van der Waals surface area (Å²) in [7, 11) is 1.55. The highest BCUT2D eigenvalue weighted by Gasteiger charge is 2.35. The lowest BCUT2D eigenvalue weighted by Crippen LogP contribution is -2.42. The molecular weight excluding hydrogens is 374 g/mol. The number of carbonyl (C=O) groups excluding carboxylic acids is 1. The highest BCUT2D eigenvalue weighted by molar-refractivity contribution is 5.77. The van der Waals surface area contributed by atoms with Gasteiger partial charge < -0.3 is 20.5 Å². The zero-order valence-electron chi connectivity index (χ0n) is 16.8. The van der Waals surface area contributed by atoms with Gasteiger partial charge in [0, 0.05) is 44.5 Å². The maximum Gasteiger partial charge on any atom is 0.332 e. The number of aryl methyl sites for hydroxylation is 1. The number of fused-ring (bicyclic) bond motifs is 2. The van der Waals surface area contributed by atoms with Crippen LogP contribution in [-0.4, -0.2) is 37.7 Å². The molecule has 1 atom stereocenters. The zero-order valence-corrected chi connectivity index (χ0v) is 16.8. The molecule has 4 heterocycles. The number of hydrogen-bond donors (Lipinski definition) is 2. The van der Waals surface area contributed by atoms with Gasteiger partial charge in [-0.05, 0) is 20.3 Å². The van der Waals surface area contributed by atoms with Gasteiger partial charge in [-0.15, -0.1) is 0 Å². The fraction of sp³-hybridized carbons (Fsp3) is 0.474. The predicted octanol–water partition coefficient (Wildman–Crippen LogP) is -0.381. The fourth-order valence-electron chi connectivity index (χ4n) is 4.01. The molecule has 10 heteroatoms. The first-order valence-corrected chi connectivity index (χ1v) is 9.62. The molecule has 2 aliphatic rings. The first-order valence-electron chi connectivity index (χ1n) is 9.62. The molecule has 1 fully saturated rings. The Morgan fingerprint density at radius 3 is 2.79 bits per heavy atom. The van der Waals surface area contributed by atoms with E-state index in [9.17, 15) is 14.4 Å². The number of rotatable bonds is 5. The summed E-state index contributed by atoms with van der Waals surface area (Å²) in [5.74, 6) is 0.296. The van der Waals surface area contributed by atoms with Gasteiger partial charge in [0.15, 0.2) is 11.2 Å². The monoisotopic (exact) mass is 399 g/mol. The number of hydrogen-bond acceptors (Lipinski definition) is 6. The second-order valence-corrected chi connectivity index (χ2v) is 7.79. The van der Waals surface area contributed by atoms with Crippen LogP contribution >= 0.6 is 0 Å². The van der Waals surface area contributed by atoms with Crippen molar-refractivity contribution < 1.29 is 4.79 Å². The summed E-state index contributed by atoms with van der Waals surface area (Å²) in [4.78, 5) is 44.0. The average molecular weight is 399 g/mol. The second kappa shape index (κ2) is 6.94. The Balaban J connectivity index is 2.00. The number of imidazole rings is 1. The summed E-state index contributed by atoms with van der Waals surface area (Å²) < 4.78 is 4.00. The Morgan fingerprint density at radius 2 is 2.10 bits per heavy atom. The first-order chi connectivity index (χ1) is 13.8. The molecule has 2 aliphatic heterocycles. The Morgan fingerprint density at radius 1 is 1.34 bits per heavy atom. The Kier molecular flexibility index (Phi) is 4.56. The number of carbonyl (C=O) groups is 1. The van der Waals surface area contributed by atoms with Crippen LogP contribution in [0.4, 0.5) is 5.95 Å². The van der Waals surface area contributed by atoms with Gasteiger partial charge in [0.25, 0.3) is 5.56 Å². The van der Waals surface area contributed by atoms with Gasteiger partial charge in [-0.3, -0.25) is 14.2 Å². The van der Waals surface area contributed by atoms with E-state index in [2.05, 4.69) is 10.2 Å². The normalized spacial score (nSPS) is 18.0. The minimum absolute atomic E-state index is 0.288. The standard InChI is InChI=1S/C19H25N7O3/c1-11(2)4-6-25-15-16(23(3)19(29)26(17(15)28)10-14(20)27)22-18(25)24-7-5-12-8-21-9-13(12)24/h4,9,12,21H,5-8,10H2,1-3H3,(H2,20,27). The number of nitrogens with one attached hydrogen (secondary N) is 1. The van der Waals surface area contributed by atoms with Crippen LogP contribution in [-0.2, 0) is 24.9 Å². The van der Waals surface area contributed by atoms with E-state index in [0.717, 1.165) is 35.3 Å². The summed E-state index contributed by atoms with van der Waals surface area (Å²) in [6.45, 7) is 5.61. The largest absolute Gasteiger partial charge is 0.389 e. The smallest absolute Gasteiger partial charge is 0.332 e. The number of nitrogens with zero attached hydrogens (tertiary/aromatic N) is 5. The van der Waals surface area contributed by atoms with E-state index in [4.69, 9.17) is 10.7 Å². The molecule has 29 heavy (non-hydrogen) atoms. The molecule has 1 amide bonds. The van der Waals surface area contributed by atoms with Gasteiger partial charge >= 0.3 is 5.69 Å². The molecule has 1 saturated heterocycles. The molecule has 2 aromatic heterocycles. The number of allylic oxidation sites excluding steroid dienone is 2. The molecule has 0 spiro atoms. The summed E-state index contributed by atoms with van der Waals surface area (Å²) >= 11 is 0. The van der Waals surface area contributed by atoms with Crippen LogP contribution in [0.2, 0.25) is 0 Å². The maximum atomic E-state index is 13.2. The second-order valence-electron chi connectivity index (χ2n) is 7.79. The molecule has 154 valence electrons. The molecular formula is C19H25N7O3. The van der Waals surface area contributed by atoms with Crippen LogP contribution in [0.15, 0.2) is 33.1 Å². The van der Waals surface area contributed by atoms with Crippen molar-refractivity contribution in [2.24, 2.45) is 18.7 Å². The van der Waals surface area contributed by atoms with Gasteiger partial charge in [0.2, 0.25) is 11.9 Å². The Bertz CT molecular complexity index is 1180. The summed E-state index contributed by atoms with van der Waals surface area (Å²) in [5.41, 5.74) is 6.91. The van der Waals surface area contributed by atoms with Crippen molar-refractivity contribution in [3.63, 3.8) is 0 Å². The lowest BCUT2D eigenvalue weighted by atomic mass is 10.1. The van der Waals surface area contributed by atoms with E-state index in [1.165, 1.54) is 4.57 Å². The van der Waals surface area contributed by atoms with E-state index in [1.807, 2.05) is 30.7 Å². The SMILES string of the molecule is CC(C)=CCn1c(N2CCC3CNC=C32)nc2c1c(=O)n(CC(N)=O)c(=O)n2C. The number of aromatic nitrogens is 4.